The molecule has 2 aliphatic rings. The summed E-state index contributed by atoms with van der Waals surface area (Å²) < 4.78 is 26.9. The predicted octanol–water partition coefficient (Wildman–Crippen LogP) is 2.56. The van der Waals surface area contributed by atoms with Crippen molar-refractivity contribution in [1.29, 1.82) is 0 Å². The summed E-state index contributed by atoms with van der Waals surface area (Å²) in [5.74, 6) is -0.792. The summed E-state index contributed by atoms with van der Waals surface area (Å²) in [6.45, 7) is 1.19. The molecular formula is C18H19F2N2OS+. The van der Waals surface area contributed by atoms with Crippen molar-refractivity contribution in [2.45, 2.75) is 25.3 Å². The van der Waals surface area contributed by atoms with Gasteiger partial charge in [0.2, 0.25) is 0 Å². The molecule has 2 atom stereocenters. The SMILES string of the molecule is O=C(C[NH+]1CCc2sccc2[C@@H]1C1CC1)Nc1cc(F)ccc1F. The Hall–Kier alpha value is -1.79. The Morgan fingerprint density at radius 3 is 2.92 bits per heavy atom. The number of fused-ring (bicyclic) bond motifs is 1. The van der Waals surface area contributed by atoms with E-state index in [1.165, 1.54) is 28.2 Å². The van der Waals surface area contributed by atoms with Crippen LogP contribution in [-0.4, -0.2) is 19.0 Å². The molecule has 1 fully saturated rings. The Bertz CT molecular complexity index is 772. The lowest BCUT2D eigenvalue weighted by atomic mass is 9.96. The van der Waals surface area contributed by atoms with Crippen molar-refractivity contribution in [3.8, 4) is 0 Å². The molecule has 2 heterocycles. The van der Waals surface area contributed by atoms with Crippen LogP contribution in [0.3, 0.4) is 0 Å². The van der Waals surface area contributed by atoms with E-state index in [0.29, 0.717) is 12.0 Å². The highest BCUT2D eigenvalue weighted by Gasteiger charge is 2.43. The molecular weight excluding hydrogens is 330 g/mol. The third-order valence-electron chi connectivity index (χ3n) is 4.91. The van der Waals surface area contributed by atoms with E-state index in [1.54, 1.807) is 11.3 Å². The highest BCUT2D eigenvalue weighted by atomic mass is 32.1. The van der Waals surface area contributed by atoms with Crippen LogP contribution >= 0.6 is 11.3 Å². The first-order valence-electron chi connectivity index (χ1n) is 8.27. The largest absolute Gasteiger partial charge is 0.320 e. The van der Waals surface area contributed by atoms with E-state index < -0.39 is 11.6 Å². The molecule has 1 saturated carbocycles. The van der Waals surface area contributed by atoms with Crippen LogP contribution in [0.2, 0.25) is 0 Å². The smallest absolute Gasteiger partial charge is 0.279 e. The van der Waals surface area contributed by atoms with E-state index in [-0.39, 0.29) is 18.1 Å². The molecule has 1 aromatic heterocycles. The summed E-state index contributed by atoms with van der Waals surface area (Å²) in [6.07, 6.45) is 3.40. The van der Waals surface area contributed by atoms with Gasteiger partial charge in [-0.05, 0) is 36.4 Å². The molecule has 0 bridgehead atoms. The third kappa shape index (κ3) is 3.08. The maximum absolute atomic E-state index is 13.7. The van der Waals surface area contributed by atoms with Crippen molar-refractivity contribution in [2.75, 3.05) is 18.4 Å². The maximum atomic E-state index is 13.7. The zero-order valence-electron chi connectivity index (χ0n) is 13.1. The van der Waals surface area contributed by atoms with Gasteiger partial charge in [-0.25, -0.2) is 8.78 Å². The fourth-order valence-electron chi connectivity index (χ4n) is 3.69. The van der Waals surface area contributed by atoms with Gasteiger partial charge in [0.25, 0.3) is 5.91 Å². The van der Waals surface area contributed by atoms with Crippen LogP contribution in [0.4, 0.5) is 14.5 Å². The van der Waals surface area contributed by atoms with Gasteiger partial charge in [0.05, 0.1) is 12.2 Å². The standard InChI is InChI=1S/C18H18F2N2OS/c19-12-3-4-14(20)15(9-12)21-17(23)10-22-7-5-16-13(6-8-24-16)18(22)11-1-2-11/h3-4,6,8-9,11,18H,1-2,5,7,10H2,(H,21,23)/p+1/t18-/m0/s1. The number of carbonyl (C=O) groups is 1. The number of hydrogen-bond donors (Lipinski definition) is 2. The Labute approximate surface area is 143 Å². The molecule has 6 heteroatoms. The lowest BCUT2D eigenvalue weighted by Gasteiger charge is -2.32. The van der Waals surface area contributed by atoms with Gasteiger partial charge >= 0.3 is 0 Å². The van der Waals surface area contributed by atoms with Crippen LogP contribution in [0, 0.1) is 17.6 Å². The van der Waals surface area contributed by atoms with Gasteiger partial charge in [-0.2, -0.15) is 0 Å². The van der Waals surface area contributed by atoms with E-state index in [9.17, 15) is 13.6 Å². The number of quaternary nitrogens is 1. The highest BCUT2D eigenvalue weighted by Crippen LogP contribution is 2.42. The molecule has 0 radical (unpaired) electrons. The normalized spacial score (nSPS) is 22.9. The summed E-state index contributed by atoms with van der Waals surface area (Å²) in [4.78, 5) is 15.0. The quantitative estimate of drug-likeness (QED) is 0.874. The van der Waals surface area contributed by atoms with Crippen LogP contribution in [0.5, 0.6) is 0 Å². The van der Waals surface area contributed by atoms with Gasteiger partial charge in [-0.1, -0.05) is 0 Å². The monoisotopic (exact) mass is 349 g/mol. The van der Waals surface area contributed by atoms with Crippen molar-refractivity contribution >= 4 is 22.9 Å². The van der Waals surface area contributed by atoms with Gasteiger partial charge in [0, 0.05) is 28.8 Å². The molecule has 3 nitrogen and oxygen atoms in total. The summed E-state index contributed by atoms with van der Waals surface area (Å²) in [6, 6.07) is 5.65. The molecule has 1 aliphatic carbocycles. The molecule has 4 rings (SSSR count). The number of amides is 1. The van der Waals surface area contributed by atoms with Crippen LogP contribution < -0.4 is 10.2 Å². The number of anilines is 1. The van der Waals surface area contributed by atoms with Crippen molar-refractivity contribution in [3.05, 3.63) is 51.7 Å². The topological polar surface area (TPSA) is 33.5 Å². The number of benzene rings is 1. The van der Waals surface area contributed by atoms with Crippen LogP contribution in [0.25, 0.3) is 0 Å². The second-order valence-electron chi connectivity index (χ2n) is 6.62. The Balaban J connectivity index is 1.48. The Morgan fingerprint density at radius 1 is 1.29 bits per heavy atom. The molecule has 2 N–H and O–H groups in total. The summed E-state index contributed by atoms with van der Waals surface area (Å²) in [7, 11) is 0. The van der Waals surface area contributed by atoms with Crippen molar-refractivity contribution in [1.82, 2.24) is 0 Å². The minimum absolute atomic E-state index is 0.0874. The zero-order chi connectivity index (χ0) is 16.7. The Kier molecular flexibility index (Phi) is 4.10. The second-order valence-corrected chi connectivity index (χ2v) is 7.62. The average Bonchev–Trinajstić information content (AvgIpc) is 3.27. The summed E-state index contributed by atoms with van der Waals surface area (Å²) >= 11 is 1.80. The summed E-state index contributed by atoms with van der Waals surface area (Å²) in [5.41, 5.74) is 1.30. The van der Waals surface area contributed by atoms with Crippen LogP contribution in [-0.2, 0) is 11.2 Å². The fraction of sp³-hybridized carbons (Fsp3) is 0.389. The van der Waals surface area contributed by atoms with Crippen molar-refractivity contribution in [3.63, 3.8) is 0 Å². The number of rotatable bonds is 4. The molecule has 1 amide bonds. The molecule has 1 aliphatic heterocycles. The van der Waals surface area contributed by atoms with Crippen LogP contribution in [0.1, 0.15) is 29.3 Å². The van der Waals surface area contributed by atoms with Gasteiger partial charge in [-0.3, -0.25) is 4.79 Å². The zero-order valence-corrected chi connectivity index (χ0v) is 14.0. The first kappa shape index (κ1) is 15.7. The fourth-order valence-corrected chi connectivity index (χ4v) is 4.62. The van der Waals surface area contributed by atoms with Gasteiger partial charge < -0.3 is 10.2 Å². The highest BCUT2D eigenvalue weighted by molar-refractivity contribution is 7.10. The predicted molar refractivity (Wildman–Crippen MR) is 89.2 cm³/mol. The Morgan fingerprint density at radius 2 is 2.12 bits per heavy atom. The van der Waals surface area contributed by atoms with Gasteiger partial charge in [0.1, 0.15) is 17.7 Å². The van der Waals surface area contributed by atoms with Crippen molar-refractivity contribution in [2.24, 2.45) is 5.92 Å². The average molecular weight is 349 g/mol. The van der Waals surface area contributed by atoms with E-state index in [1.807, 2.05) is 0 Å². The number of carbonyl (C=O) groups excluding carboxylic acids is 1. The number of halogens is 2. The lowest BCUT2D eigenvalue weighted by molar-refractivity contribution is -0.928. The van der Waals surface area contributed by atoms with E-state index in [4.69, 9.17) is 0 Å². The van der Waals surface area contributed by atoms with Crippen molar-refractivity contribution < 1.29 is 18.5 Å². The number of nitrogens with one attached hydrogen (secondary N) is 2. The van der Waals surface area contributed by atoms with E-state index in [0.717, 1.165) is 31.2 Å². The number of hydrogen-bond acceptors (Lipinski definition) is 2. The lowest BCUT2D eigenvalue weighted by Crippen LogP contribution is -3.14. The van der Waals surface area contributed by atoms with Crippen LogP contribution in [0.15, 0.2) is 29.6 Å². The molecule has 1 aromatic carbocycles. The first-order valence-corrected chi connectivity index (χ1v) is 9.15. The van der Waals surface area contributed by atoms with Gasteiger partial charge in [0.15, 0.2) is 6.54 Å². The minimum Gasteiger partial charge on any atom is -0.320 e. The third-order valence-corrected chi connectivity index (χ3v) is 5.91. The molecule has 24 heavy (non-hydrogen) atoms. The first-order chi connectivity index (χ1) is 11.6. The number of thiophene rings is 1. The molecule has 0 saturated heterocycles. The second kappa shape index (κ2) is 6.26. The molecule has 0 spiro atoms. The van der Waals surface area contributed by atoms with E-state index >= 15 is 0 Å². The van der Waals surface area contributed by atoms with E-state index in [2.05, 4.69) is 16.8 Å². The minimum atomic E-state index is -0.614. The molecule has 2 aromatic rings. The maximum Gasteiger partial charge on any atom is 0.279 e. The molecule has 1 unspecified atom stereocenters. The van der Waals surface area contributed by atoms with Gasteiger partial charge in [-0.15, -0.1) is 11.3 Å². The summed E-state index contributed by atoms with van der Waals surface area (Å²) in [5, 5.41) is 4.65. The molecule has 126 valence electrons.